The number of nitrogens with one attached hydrogen (secondary N) is 1. The van der Waals surface area contributed by atoms with E-state index in [4.69, 9.17) is 4.74 Å². The Morgan fingerprint density at radius 2 is 1.83 bits per heavy atom. The molecule has 2 aliphatic heterocycles. The molecule has 1 fully saturated rings. The predicted octanol–water partition coefficient (Wildman–Crippen LogP) is 4.78. The summed E-state index contributed by atoms with van der Waals surface area (Å²) in [5.74, 6) is -0.0962. The van der Waals surface area contributed by atoms with Crippen LogP contribution in [0.5, 0.6) is 11.5 Å². The van der Waals surface area contributed by atoms with Crippen molar-refractivity contribution in [3.8, 4) is 11.5 Å². The maximum absolute atomic E-state index is 13.1. The lowest BCUT2D eigenvalue weighted by atomic mass is 9.92. The van der Waals surface area contributed by atoms with Gasteiger partial charge in [-0.3, -0.25) is 9.69 Å². The SMILES string of the molecule is CC(C)C(=O)N1Cc2ccccc2C[C@@H]1CN1CCN(c2ccc(C(=O)O)c(Oc3cnc4[nH]ccc4c3)c2)CC1. The number of carboxylic acid groups (broad SMARTS) is 1. The van der Waals surface area contributed by atoms with Crippen LogP contribution in [0.3, 0.4) is 0 Å². The molecule has 4 aromatic rings. The molecule has 0 bridgehead atoms. The summed E-state index contributed by atoms with van der Waals surface area (Å²) in [6, 6.07) is 17.6. The number of carbonyl (C=O) groups is 2. The van der Waals surface area contributed by atoms with Gasteiger partial charge in [0.05, 0.1) is 6.20 Å². The number of ether oxygens (including phenoxy) is 1. The molecular weight excluding hydrogens is 518 g/mol. The third-order valence-electron chi connectivity index (χ3n) is 8.14. The molecule has 6 rings (SSSR count). The minimum atomic E-state index is -1.04. The number of anilines is 1. The molecule has 212 valence electrons. The molecule has 41 heavy (non-hydrogen) atoms. The Bertz CT molecular complexity index is 1570. The maximum atomic E-state index is 13.1. The molecular formula is C32H35N5O4. The Balaban J connectivity index is 1.14. The number of piperazine rings is 1. The van der Waals surface area contributed by atoms with E-state index in [9.17, 15) is 14.7 Å². The van der Waals surface area contributed by atoms with Crippen molar-refractivity contribution >= 4 is 28.6 Å². The summed E-state index contributed by atoms with van der Waals surface area (Å²) >= 11 is 0. The molecule has 1 amide bonds. The van der Waals surface area contributed by atoms with Crippen molar-refractivity contribution in [1.29, 1.82) is 0 Å². The van der Waals surface area contributed by atoms with Crippen LogP contribution in [-0.2, 0) is 17.8 Å². The van der Waals surface area contributed by atoms with E-state index in [1.165, 1.54) is 11.1 Å². The van der Waals surface area contributed by atoms with Gasteiger partial charge in [-0.2, -0.15) is 0 Å². The van der Waals surface area contributed by atoms with Gasteiger partial charge in [0.15, 0.2) is 0 Å². The summed E-state index contributed by atoms with van der Waals surface area (Å²) in [5, 5.41) is 10.7. The summed E-state index contributed by atoms with van der Waals surface area (Å²) in [5.41, 5.74) is 4.35. The third-order valence-corrected chi connectivity index (χ3v) is 8.14. The topological polar surface area (TPSA) is 102 Å². The van der Waals surface area contributed by atoms with E-state index in [0.29, 0.717) is 12.3 Å². The van der Waals surface area contributed by atoms with Crippen LogP contribution < -0.4 is 9.64 Å². The molecule has 1 atom stereocenters. The van der Waals surface area contributed by atoms with Crippen LogP contribution in [0.4, 0.5) is 5.69 Å². The van der Waals surface area contributed by atoms with Crippen LogP contribution in [0.15, 0.2) is 67.0 Å². The van der Waals surface area contributed by atoms with Gasteiger partial charge in [-0.05, 0) is 41.8 Å². The van der Waals surface area contributed by atoms with Crippen LogP contribution in [0.1, 0.15) is 35.3 Å². The predicted molar refractivity (Wildman–Crippen MR) is 158 cm³/mol. The molecule has 9 heteroatoms. The van der Waals surface area contributed by atoms with Gasteiger partial charge in [0, 0.05) is 74.6 Å². The highest BCUT2D eigenvalue weighted by Gasteiger charge is 2.33. The van der Waals surface area contributed by atoms with Crippen molar-refractivity contribution in [3.05, 3.63) is 83.7 Å². The number of aromatic nitrogens is 2. The molecule has 1 saturated heterocycles. The van der Waals surface area contributed by atoms with Crippen LogP contribution in [-0.4, -0.2) is 75.5 Å². The van der Waals surface area contributed by atoms with E-state index in [-0.39, 0.29) is 29.2 Å². The molecule has 2 aliphatic rings. The lowest BCUT2D eigenvalue weighted by molar-refractivity contribution is -0.138. The first-order valence-electron chi connectivity index (χ1n) is 14.2. The Labute approximate surface area is 239 Å². The number of pyridine rings is 1. The molecule has 4 heterocycles. The fraction of sp³-hybridized carbons (Fsp3) is 0.344. The highest BCUT2D eigenvalue weighted by Crippen LogP contribution is 2.32. The number of hydrogen-bond donors (Lipinski definition) is 2. The van der Waals surface area contributed by atoms with E-state index in [0.717, 1.165) is 55.9 Å². The van der Waals surface area contributed by atoms with Gasteiger partial charge in [-0.25, -0.2) is 9.78 Å². The van der Waals surface area contributed by atoms with E-state index in [1.807, 2.05) is 44.2 Å². The molecule has 2 N–H and O–H groups in total. The zero-order valence-electron chi connectivity index (χ0n) is 23.4. The molecule has 0 unspecified atom stereocenters. The van der Waals surface area contributed by atoms with Gasteiger partial charge >= 0.3 is 5.97 Å². The Hall–Kier alpha value is -4.37. The molecule has 2 aromatic carbocycles. The summed E-state index contributed by atoms with van der Waals surface area (Å²) in [4.78, 5) is 39.2. The van der Waals surface area contributed by atoms with Crippen LogP contribution >= 0.6 is 0 Å². The molecule has 0 radical (unpaired) electrons. The van der Waals surface area contributed by atoms with Gasteiger partial charge in [-0.15, -0.1) is 0 Å². The Morgan fingerprint density at radius 3 is 2.59 bits per heavy atom. The zero-order chi connectivity index (χ0) is 28.5. The van der Waals surface area contributed by atoms with Gasteiger partial charge in [0.1, 0.15) is 22.7 Å². The molecule has 9 nitrogen and oxygen atoms in total. The number of rotatable bonds is 7. The standard InChI is InChI=1S/C32H35N5O4/c1-21(2)31(38)37-19-24-6-4-3-5-22(24)15-26(37)20-35-11-13-36(14-12-35)25-7-8-28(32(39)40)29(17-25)41-27-16-23-9-10-33-30(23)34-18-27/h3-10,16-18,21,26H,11-15,19-20H2,1-2H3,(H,33,34)(H,39,40)/t26-/m1/s1. The number of nitrogens with zero attached hydrogens (tertiary/aromatic N) is 4. The number of benzene rings is 2. The van der Waals surface area contributed by atoms with Gasteiger partial charge in [0.2, 0.25) is 5.91 Å². The number of fused-ring (bicyclic) bond motifs is 2. The minimum absolute atomic E-state index is 0.0366. The summed E-state index contributed by atoms with van der Waals surface area (Å²) in [6.07, 6.45) is 4.26. The second kappa shape index (κ2) is 11.2. The van der Waals surface area contributed by atoms with Gasteiger partial charge in [0.25, 0.3) is 0 Å². The summed E-state index contributed by atoms with van der Waals surface area (Å²) < 4.78 is 6.05. The Kier molecular flexibility index (Phi) is 7.36. The quantitative estimate of drug-likeness (QED) is 0.339. The Morgan fingerprint density at radius 1 is 1.05 bits per heavy atom. The highest BCUT2D eigenvalue weighted by molar-refractivity contribution is 5.92. The van der Waals surface area contributed by atoms with E-state index in [2.05, 4.69) is 42.9 Å². The fourth-order valence-corrected chi connectivity index (χ4v) is 5.90. The third kappa shape index (κ3) is 5.63. The number of H-pyrrole nitrogens is 1. The minimum Gasteiger partial charge on any atom is -0.478 e. The number of amides is 1. The molecule has 0 saturated carbocycles. The second-order valence-corrected chi connectivity index (χ2v) is 11.2. The summed E-state index contributed by atoms with van der Waals surface area (Å²) in [7, 11) is 0. The van der Waals surface area contributed by atoms with E-state index >= 15 is 0 Å². The van der Waals surface area contributed by atoms with E-state index < -0.39 is 5.97 Å². The first-order chi connectivity index (χ1) is 19.9. The van der Waals surface area contributed by atoms with Gasteiger partial charge in [-0.1, -0.05) is 38.1 Å². The van der Waals surface area contributed by atoms with Crippen molar-refractivity contribution in [3.63, 3.8) is 0 Å². The number of aromatic carboxylic acids is 1. The molecule has 0 spiro atoms. The largest absolute Gasteiger partial charge is 0.478 e. The zero-order valence-corrected chi connectivity index (χ0v) is 23.4. The number of aromatic amines is 1. The average Bonchev–Trinajstić information content (AvgIpc) is 3.45. The maximum Gasteiger partial charge on any atom is 0.339 e. The lowest BCUT2D eigenvalue weighted by Crippen LogP contribution is -2.55. The number of carboxylic acids is 1. The second-order valence-electron chi connectivity index (χ2n) is 11.2. The van der Waals surface area contributed by atoms with Crippen molar-refractivity contribution in [1.82, 2.24) is 19.8 Å². The first kappa shape index (κ1) is 26.8. The van der Waals surface area contributed by atoms with E-state index in [1.54, 1.807) is 18.5 Å². The van der Waals surface area contributed by atoms with Crippen LogP contribution in [0.2, 0.25) is 0 Å². The average molecular weight is 554 g/mol. The highest BCUT2D eigenvalue weighted by atomic mass is 16.5. The monoisotopic (exact) mass is 553 g/mol. The molecule has 2 aromatic heterocycles. The van der Waals surface area contributed by atoms with Crippen molar-refractivity contribution in [2.24, 2.45) is 5.92 Å². The van der Waals surface area contributed by atoms with Crippen LogP contribution in [0.25, 0.3) is 11.0 Å². The van der Waals surface area contributed by atoms with Gasteiger partial charge < -0.3 is 24.6 Å². The van der Waals surface area contributed by atoms with Crippen molar-refractivity contribution in [2.45, 2.75) is 32.9 Å². The first-order valence-corrected chi connectivity index (χ1v) is 14.2. The number of carbonyl (C=O) groups excluding carboxylic acids is 1. The van der Waals surface area contributed by atoms with Crippen LogP contribution in [0, 0.1) is 5.92 Å². The summed E-state index contributed by atoms with van der Waals surface area (Å²) in [6.45, 7) is 8.75. The smallest absolute Gasteiger partial charge is 0.339 e. The normalized spacial score (nSPS) is 17.6. The van der Waals surface area contributed by atoms with Crippen molar-refractivity contribution in [2.75, 3.05) is 37.6 Å². The fourth-order valence-electron chi connectivity index (χ4n) is 5.90. The number of hydrogen-bond acceptors (Lipinski definition) is 6. The lowest BCUT2D eigenvalue weighted by Gasteiger charge is -2.43. The molecule has 0 aliphatic carbocycles. The van der Waals surface area contributed by atoms with Crippen molar-refractivity contribution < 1.29 is 19.4 Å².